The van der Waals surface area contributed by atoms with Crippen LogP contribution in [-0.2, 0) is 20.9 Å². The smallest absolute Gasteiger partial charge is 0.239 e. The van der Waals surface area contributed by atoms with E-state index in [9.17, 15) is 9.59 Å². The average molecular weight is 366 g/mol. The number of aromatic nitrogens is 1. The molecular formula is C21H22N2O4. The number of amides is 2. The van der Waals surface area contributed by atoms with Crippen molar-refractivity contribution in [2.75, 3.05) is 4.90 Å². The lowest BCUT2D eigenvalue weighted by Crippen LogP contribution is -2.33. The molecule has 27 heavy (non-hydrogen) atoms. The first-order valence-electron chi connectivity index (χ1n) is 9.02. The van der Waals surface area contributed by atoms with Crippen molar-refractivity contribution >= 4 is 17.5 Å². The molecule has 1 aromatic heterocycles. The SMILES string of the molecule is Cc1cc(N2C(=O)CC(C)(C)C2=O)cnc1Oc1ccc2c(c1)C(C)OC2. The summed E-state index contributed by atoms with van der Waals surface area (Å²) in [6.07, 6.45) is 1.77. The molecule has 3 heterocycles. The minimum atomic E-state index is -0.677. The Morgan fingerprint density at radius 1 is 1.26 bits per heavy atom. The van der Waals surface area contributed by atoms with Gasteiger partial charge in [-0.25, -0.2) is 9.88 Å². The molecule has 1 atom stereocenters. The van der Waals surface area contributed by atoms with Crippen LogP contribution in [0.2, 0.25) is 0 Å². The van der Waals surface area contributed by atoms with Crippen molar-refractivity contribution < 1.29 is 19.1 Å². The number of imide groups is 1. The van der Waals surface area contributed by atoms with Gasteiger partial charge in [-0.05, 0) is 43.2 Å². The van der Waals surface area contributed by atoms with Crippen LogP contribution < -0.4 is 9.64 Å². The first-order chi connectivity index (χ1) is 12.8. The lowest BCUT2D eigenvalue weighted by atomic mass is 9.92. The lowest BCUT2D eigenvalue weighted by molar-refractivity contribution is -0.124. The third-order valence-electron chi connectivity index (χ3n) is 5.16. The zero-order valence-corrected chi connectivity index (χ0v) is 15.9. The fourth-order valence-corrected chi connectivity index (χ4v) is 3.55. The molecule has 0 radical (unpaired) electrons. The van der Waals surface area contributed by atoms with Gasteiger partial charge in [-0.3, -0.25) is 9.59 Å². The highest BCUT2D eigenvalue weighted by Crippen LogP contribution is 2.37. The van der Waals surface area contributed by atoms with Gasteiger partial charge in [-0.1, -0.05) is 19.9 Å². The van der Waals surface area contributed by atoms with E-state index >= 15 is 0 Å². The van der Waals surface area contributed by atoms with Crippen molar-refractivity contribution in [2.45, 2.75) is 46.8 Å². The number of ether oxygens (including phenoxy) is 2. The molecule has 6 heteroatoms. The monoisotopic (exact) mass is 366 g/mol. The van der Waals surface area contributed by atoms with Crippen molar-refractivity contribution in [3.8, 4) is 11.6 Å². The van der Waals surface area contributed by atoms with Gasteiger partial charge in [0.25, 0.3) is 0 Å². The third-order valence-corrected chi connectivity index (χ3v) is 5.16. The molecule has 2 aliphatic rings. The molecule has 4 rings (SSSR count). The number of anilines is 1. The maximum Gasteiger partial charge on any atom is 0.239 e. The van der Waals surface area contributed by atoms with Gasteiger partial charge in [0, 0.05) is 12.0 Å². The summed E-state index contributed by atoms with van der Waals surface area (Å²) < 4.78 is 11.6. The molecule has 1 fully saturated rings. The molecule has 6 nitrogen and oxygen atoms in total. The number of pyridine rings is 1. The first kappa shape index (κ1) is 17.7. The number of hydrogen-bond acceptors (Lipinski definition) is 5. The molecular weight excluding hydrogens is 344 g/mol. The summed E-state index contributed by atoms with van der Waals surface area (Å²) in [5.74, 6) is 0.731. The van der Waals surface area contributed by atoms with Gasteiger partial charge in [0.2, 0.25) is 17.7 Å². The summed E-state index contributed by atoms with van der Waals surface area (Å²) in [5.41, 5.74) is 2.85. The number of hydrogen-bond donors (Lipinski definition) is 0. The molecule has 2 aromatic rings. The van der Waals surface area contributed by atoms with Gasteiger partial charge in [0.15, 0.2) is 0 Å². The second-order valence-corrected chi connectivity index (χ2v) is 7.83. The molecule has 0 aliphatic carbocycles. The number of aryl methyl sites for hydroxylation is 1. The molecule has 1 unspecified atom stereocenters. The summed E-state index contributed by atoms with van der Waals surface area (Å²) >= 11 is 0. The Morgan fingerprint density at radius 2 is 2.04 bits per heavy atom. The Labute approximate surface area is 158 Å². The van der Waals surface area contributed by atoms with Crippen LogP contribution in [0.3, 0.4) is 0 Å². The molecule has 1 saturated heterocycles. The second kappa shape index (κ2) is 6.16. The predicted molar refractivity (Wildman–Crippen MR) is 99.6 cm³/mol. The van der Waals surface area contributed by atoms with Crippen LogP contribution in [0.15, 0.2) is 30.5 Å². The highest BCUT2D eigenvalue weighted by atomic mass is 16.5. The normalized spacial score (nSPS) is 20.9. The van der Waals surface area contributed by atoms with Crippen molar-refractivity contribution in [3.05, 3.63) is 47.2 Å². The first-order valence-corrected chi connectivity index (χ1v) is 9.02. The van der Waals surface area contributed by atoms with Crippen LogP contribution in [0.25, 0.3) is 0 Å². The van der Waals surface area contributed by atoms with E-state index in [0.29, 0.717) is 23.9 Å². The Kier molecular flexibility index (Phi) is 4.03. The fraction of sp³-hybridized carbons (Fsp3) is 0.381. The number of fused-ring (bicyclic) bond motifs is 1. The van der Waals surface area contributed by atoms with E-state index in [1.54, 1.807) is 19.9 Å². The quantitative estimate of drug-likeness (QED) is 0.766. The molecule has 140 valence electrons. The molecule has 0 spiro atoms. The number of carbonyl (C=O) groups excluding carboxylic acids is 2. The molecule has 0 N–H and O–H groups in total. The van der Waals surface area contributed by atoms with Gasteiger partial charge in [0.1, 0.15) is 5.75 Å². The molecule has 0 saturated carbocycles. The van der Waals surface area contributed by atoms with Crippen molar-refractivity contribution in [1.29, 1.82) is 0 Å². The molecule has 1 aromatic carbocycles. The van der Waals surface area contributed by atoms with E-state index in [0.717, 1.165) is 11.1 Å². The summed E-state index contributed by atoms with van der Waals surface area (Å²) in [6.45, 7) is 8.05. The van der Waals surface area contributed by atoms with Crippen molar-refractivity contribution in [1.82, 2.24) is 4.98 Å². The van der Waals surface area contributed by atoms with Crippen molar-refractivity contribution in [2.24, 2.45) is 5.41 Å². The van der Waals surface area contributed by atoms with Gasteiger partial charge in [0.05, 0.1) is 30.0 Å². The van der Waals surface area contributed by atoms with Gasteiger partial charge in [-0.15, -0.1) is 0 Å². The van der Waals surface area contributed by atoms with Crippen LogP contribution >= 0.6 is 0 Å². The van der Waals surface area contributed by atoms with Crippen LogP contribution in [0.4, 0.5) is 5.69 Å². The predicted octanol–water partition coefficient (Wildman–Crippen LogP) is 4.06. The van der Waals surface area contributed by atoms with Crippen LogP contribution in [-0.4, -0.2) is 16.8 Å². The summed E-state index contributed by atoms with van der Waals surface area (Å²) in [5, 5.41) is 0. The van der Waals surface area contributed by atoms with Gasteiger partial charge < -0.3 is 9.47 Å². The minimum absolute atomic E-state index is 0.0514. The molecule has 2 amide bonds. The summed E-state index contributed by atoms with van der Waals surface area (Å²) in [7, 11) is 0. The average Bonchev–Trinajstić information content (AvgIpc) is 3.06. The molecule has 2 aliphatic heterocycles. The second-order valence-electron chi connectivity index (χ2n) is 7.83. The highest BCUT2D eigenvalue weighted by molar-refractivity contribution is 6.22. The van der Waals surface area contributed by atoms with E-state index in [2.05, 4.69) is 4.98 Å². The summed E-state index contributed by atoms with van der Waals surface area (Å²) in [4.78, 5) is 30.3. The highest BCUT2D eigenvalue weighted by Gasteiger charge is 2.45. The third kappa shape index (κ3) is 3.00. The fourth-order valence-electron chi connectivity index (χ4n) is 3.55. The van der Waals surface area contributed by atoms with Gasteiger partial charge >= 0.3 is 0 Å². The minimum Gasteiger partial charge on any atom is -0.439 e. The van der Waals surface area contributed by atoms with E-state index in [1.807, 2.05) is 32.0 Å². The number of nitrogens with zero attached hydrogens (tertiary/aromatic N) is 2. The Hall–Kier alpha value is -2.73. The Morgan fingerprint density at radius 3 is 2.70 bits per heavy atom. The van der Waals surface area contributed by atoms with E-state index in [-0.39, 0.29) is 24.3 Å². The summed E-state index contributed by atoms with van der Waals surface area (Å²) in [6, 6.07) is 7.63. The number of carbonyl (C=O) groups is 2. The zero-order valence-electron chi connectivity index (χ0n) is 15.9. The number of rotatable bonds is 3. The van der Waals surface area contributed by atoms with E-state index < -0.39 is 5.41 Å². The van der Waals surface area contributed by atoms with Crippen LogP contribution in [0, 0.1) is 12.3 Å². The van der Waals surface area contributed by atoms with Gasteiger partial charge in [-0.2, -0.15) is 0 Å². The maximum absolute atomic E-state index is 12.5. The standard InChI is InChI=1S/C21H22N2O4/c1-12-7-15(23-18(24)9-21(3,4)20(23)25)10-22-19(12)27-16-6-5-14-11-26-13(2)17(14)8-16/h5-8,10,13H,9,11H2,1-4H3. The lowest BCUT2D eigenvalue weighted by Gasteiger charge is -2.18. The maximum atomic E-state index is 12.5. The topological polar surface area (TPSA) is 68.7 Å². The molecule has 0 bridgehead atoms. The Bertz CT molecular complexity index is 951. The van der Waals surface area contributed by atoms with E-state index in [1.165, 1.54) is 16.7 Å². The Balaban J connectivity index is 1.59. The van der Waals surface area contributed by atoms with Crippen LogP contribution in [0.1, 0.15) is 50.0 Å². The van der Waals surface area contributed by atoms with E-state index in [4.69, 9.17) is 9.47 Å². The van der Waals surface area contributed by atoms with Crippen LogP contribution in [0.5, 0.6) is 11.6 Å². The van der Waals surface area contributed by atoms with Crippen molar-refractivity contribution in [3.63, 3.8) is 0 Å². The zero-order chi connectivity index (χ0) is 19.3. The number of benzene rings is 1. The largest absolute Gasteiger partial charge is 0.439 e.